The zero-order valence-electron chi connectivity index (χ0n) is 61.6. The van der Waals surface area contributed by atoms with Gasteiger partial charge in [-0.3, -0.25) is 81.6 Å². The molecule has 0 unspecified atom stereocenters. The highest BCUT2D eigenvalue weighted by atomic mass is 16.7. The molecule has 3 aromatic carbocycles. The van der Waals surface area contributed by atoms with Crippen molar-refractivity contribution in [2.75, 3.05) is 38.7 Å². The predicted octanol–water partition coefficient (Wildman–Crippen LogP) is -1.29. The maximum absolute atomic E-state index is 14.1. The zero-order chi connectivity index (χ0) is 82.6. The van der Waals surface area contributed by atoms with E-state index < -0.39 is 248 Å². The fourth-order valence-electron chi connectivity index (χ4n) is 13.0. The number of Topliss-reactive ketones (excluding diaryl/α,β-unsaturated/α-hetero) is 1. The molecule has 11 amide bonds. The van der Waals surface area contributed by atoms with Crippen LogP contribution in [-0.2, 0) is 94.4 Å². The number of unbranched alkanes of at least 4 members (excludes halogenated alkanes) is 3. The van der Waals surface area contributed by atoms with Crippen LogP contribution in [0.25, 0.3) is 0 Å². The second-order valence-electron chi connectivity index (χ2n) is 27.4. The van der Waals surface area contributed by atoms with E-state index in [4.69, 9.17) is 18.9 Å². The Morgan fingerprint density at radius 1 is 0.670 bits per heavy atom. The summed E-state index contributed by atoms with van der Waals surface area (Å²) in [5, 5.41) is 107. The number of aliphatic hydroxyl groups excluding tert-OH is 2. The first kappa shape index (κ1) is 87.4. The standard InChI is InChI=1S/C73H90N10O29/c1-34(2)61(82-68(103)42(20-23-53(91)92)79-70(105)44(26-54(93)94)78-50(88)31-75-67(102)41(76-36(4)85)13-8-9-24-74-49(87)15-7-6-10-25-83-51(89)21-22-52(83)90)71(106)80-45(27-55(95)96)69(104)77-38-18-16-37(17-19-38)33-110-72(107)81-43-28-56(111-35(3)62(43)97)112-47-30-73(108,48(86)32-84)29-40-58(47)66(101)60-59(64(40)99)63(98)39-12-11-14-46(109-5)57(39)65(60)100/h11-12,14,16-19,21-22,34-35,41-45,47,56,61-62,84,97,99,101,108H,6-10,13,15,20,23-33H2,1-5H3,(H,74,87)(H,75,102)(H,76,85)(H,77,104)(H,78,88)(H,79,105)(H,80,106)(H,81,107)(H,82,103)(H,91,92)(H,93,94)(H,95,96)/t35-,41-,42-,43-,44-,45-,47-,56-,61-,62+,73-/m0/s1. The molecule has 2 heterocycles. The molecule has 0 aromatic heterocycles. The Labute approximate surface area is 638 Å². The quantitative estimate of drug-likeness (QED) is 0.0140. The number of alkyl carbamates (subject to hydrolysis) is 1. The molecule has 112 heavy (non-hydrogen) atoms. The lowest BCUT2D eigenvalue weighted by molar-refractivity contribution is -0.249. The first-order chi connectivity index (χ1) is 52.9. The smallest absolute Gasteiger partial charge is 0.407 e. The number of amides is 11. The monoisotopic (exact) mass is 1570 g/mol. The van der Waals surface area contributed by atoms with Gasteiger partial charge in [-0.1, -0.05) is 44.5 Å². The van der Waals surface area contributed by atoms with Crippen LogP contribution < -0.4 is 52.6 Å². The molecule has 1 fully saturated rings. The SMILES string of the molecule is COc1cccc2c1C(=O)c1c(O)c3c(c(O)c1C2=O)C[C@@](O)(C(=O)CO)C[C@@H]3O[C@H]1C[C@H](NC(=O)OCc2ccc(NC(=O)[C@H](CC(=O)O)NC(=O)[C@@H](NC(=O)[C@H](CCC(=O)O)NC(=O)[C@H](CC(=O)O)NC(=O)CNC(=O)[C@H](CCCCNC(=O)CCCCCN3C(=O)C=CC3=O)NC(C)=O)C(C)C)cc2)[C@H](O)[C@H](C)O1. The van der Waals surface area contributed by atoms with E-state index in [-0.39, 0.29) is 71.9 Å². The number of methoxy groups -OCH3 is 1. The molecule has 39 nitrogen and oxygen atoms in total. The van der Waals surface area contributed by atoms with Crippen LogP contribution in [0.5, 0.6) is 17.2 Å². The van der Waals surface area contributed by atoms with E-state index in [0.29, 0.717) is 37.7 Å². The molecule has 2 aliphatic heterocycles. The van der Waals surface area contributed by atoms with E-state index in [9.17, 15) is 122 Å². The summed E-state index contributed by atoms with van der Waals surface area (Å²) in [5.74, 6) is -18.7. The van der Waals surface area contributed by atoms with Gasteiger partial charge in [0.15, 0.2) is 17.9 Å². The van der Waals surface area contributed by atoms with E-state index in [1.165, 1.54) is 82.5 Å². The molecule has 3 aromatic rings. The van der Waals surface area contributed by atoms with Crippen molar-refractivity contribution in [3.05, 3.63) is 93.6 Å². The number of phenols is 2. The van der Waals surface area contributed by atoms with E-state index >= 15 is 0 Å². The number of fused-ring (bicyclic) bond motifs is 3. The number of carbonyl (C=O) groups excluding carboxylic acids is 14. The summed E-state index contributed by atoms with van der Waals surface area (Å²) < 4.78 is 22.9. The third kappa shape index (κ3) is 23.1. The van der Waals surface area contributed by atoms with Gasteiger partial charge < -0.3 is 108 Å². The summed E-state index contributed by atoms with van der Waals surface area (Å²) in [7, 11) is 1.25. The molecule has 0 spiro atoms. The maximum Gasteiger partial charge on any atom is 0.407 e. The molecule has 4 aliphatic rings. The molecule has 17 N–H and O–H groups in total. The Balaban J connectivity index is 0.905. The van der Waals surface area contributed by atoms with Crippen LogP contribution >= 0.6 is 0 Å². The lowest BCUT2D eigenvalue weighted by Gasteiger charge is -2.42. The van der Waals surface area contributed by atoms with Gasteiger partial charge in [0.2, 0.25) is 53.0 Å². The molecule has 1 saturated heterocycles. The number of rotatable bonds is 40. The second kappa shape index (κ2) is 39.7. The highest BCUT2D eigenvalue weighted by molar-refractivity contribution is 6.31. The van der Waals surface area contributed by atoms with Gasteiger partial charge in [-0.2, -0.15) is 0 Å². The third-order valence-corrected chi connectivity index (χ3v) is 18.8. The summed E-state index contributed by atoms with van der Waals surface area (Å²) in [6, 6.07) is -0.246. The number of ketones is 3. The molecule has 39 heteroatoms. The number of carbonyl (C=O) groups is 17. The molecule has 0 saturated carbocycles. The minimum absolute atomic E-state index is 0.0170. The normalized spacial score (nSPS) is 19.5. The molecule has 2 aliphatic carbocycles. The Morgan fingerprint density at radius 3 is 1.93 bits per heavy atom. The van der Waals surface area contributed by atoms with Gasteiger partial charge in [0, 0.05) is 86.6 Å². The minimum Gasteiger partial charge on any atom is -0.507 e. The van der Waals surface area contributed by atoms with Crippen molar-refractivity contribution < 1.29 is 141 Å². The summed E-state index contributed by atoms with van der Waals surface area (Å²) in [6.45, 7) is 3.32. The van der Waals surface area contributed by atoms with Crippen LogP contribution in [0.15, 0.2) is 54.6 Å². The Morgan fingerprint density at radius 2 is 1.30 bits per heavy atom. The van der Waals surface area contributed by atoms with Crippen molar-refractivity contribution in [1.29, 1.82) is 0 Å². The van der Waals surface area contributed by atoms with Crippen molar-refractivity contribution in [2.45, 2.75) is 191 Å². The van der Waals surface area contributed by atoms with Crippen LogP contribution in [0.1, 0.15) is 166 Å². The van der Waals surface area contributed by atoms with Crippen LogP contribution in [0.4, 0.5) is 10.5 Å². The van der Waals surface area contributed by atoms with Gasteiger partial charge in [0.25, 0.3) is 11.8 Å². The molecule has 11 atom stereocenters. The number of nitrogens with zero attached hydrogens (tertiary/aromatic N) is 1. The number of phenolic OH excluding ortho intramolecular Hbond substituents is 2. The number of hydrogen-bond donors (Lipinski definition) is 17. The average Bonchev–Trinajstić information content (AvgIpc) is 0.782. The van der Waals surface area contributed by atoms with E-state index in [2.05, 4.69) is 47.9 Å². The molecule has 0 bridgehead atoms. The number of aromatic hydroxyl groups is 2. The second-order valence-corrected chi connectivity index (χ2v) is 27.4. The number of anilines is 1. The van der Waals surface area contributed by atoms with Crippen LogP contribution in [0.2, 0.25) is 0 Å². The zero-order valence-corrected chi connectivity index (χ0v) is 61.6. The first-order valence-electron chi connectivity index (χ1n) is 35.7. The number of carboxylic acids is 3. The first-order valence-corrected chi connectivity index (χ1v) is 35.7. The van der Waals surface area contributed by atoms with Crippen LogP contribution in [0.3, 0.4) is 0 Å². The lowest BCUT2D eigenvalue weighted by Crippen LogP contribution is -2.59. The molecule has 0 radical (unpaired) electrons. The number of aliphatic carboxylic acids is 3. The Bertz CT molecular complexity index is 4170. The molecular weight excluding hydrogens is 1480 g/mol. The van der Waals surface area contributed by atoms with E-state index in [0.717, 1.165) is 11.8 Å². The summed E-state index contributed by atoms with van der Waals surface area (Å²) in [5.41, 5.74) is -4.48. The fourth-order valence-corrected chi connectivity index (χ4v) is 13.0. The van der Waals surface area contributed by atoms with Crippen molar-refractivity contribution in [3.8, 4) is 17.2 Å². The lowest BCUT2D eigenvalue weighted by atomic mass is 9.72. The van der Waals surface area contributed by atoms with Crippen molar-refractivity contribution in [3.63, 3.8) is 0 Å². The third-order valence-electron chi connectivity index (χ3n) is 18.8. The van der Waals surface area contributed by atoms with Gasteiger partial charge in [-0.25, -0.2) is 4.79 Å². The van der Waals surface area contributed by atoms with Gasteiger partial charge in [-0.15, -0.1) is 0 Å². The Hall–Kier alpha value is -11.8. The van der Waals surface area contributed by atoms with Crippen molar-refractivity contribution >= 4 is 106 Å². The Kier molecular flexibility index (Phi) is 31.0. The predicted molar refractivity (Wildman–Crippen MR) is 382 cm³/mol. The highest BCUT2D eigenvalue weighted by Crippen LogP contribution is 2.53. The maximum atomic E-state index is 14.1. The largest absolute Gasteiger partial charge is 0.507 e. The van der Waals surface area contributed by atoms with Gasteiger partial charge in [-0.05, 0) is 75.1 Å². The van der Waals surface area contributed by atoms with Gasteiger partial charge in [0.1, 0.15) is 72.4 Å². The summed E-state index contributed by atoms with van der Waals surface area (Å²) in [6.07, 6.45) is -7.38. The van der Waals surface area contributed by atoms with E-state index in [1.54, 1.807) is 0 Å². The van der Waals surface area contributed by atoms with Crippen LogP contribution in [-0.4, -0.2) is 240 Å². The molecule has 7 rings (SSSR count). The van der Waals surface area contributed by atoms with Crippen LogP contribution in [0, 0.1) is 5.92 Å². The average molecular weight is 1570 g/mol. The van der Waals surface area contributed by atoms with Crippen molar-refractivity contribution in [2.24, 2.45) is 5.92 Å². The van der Waals surface area contributed by atoms with Crippen molar-refractivity contribution in [1.82, 2.24) is 47.4 Å². The number of aliphatic hydroxyl groups is 3. The number of hydrogen-bond acceptors (Lipinski definition) is 26. The number of carboxylic acid groups (broad SMARTS) is 3. The van der Waals surface area contributed by atoms with Gasteiger partial charge in [0.05, 0.1) is 61.4 Å². The summed E-state index contributed by atoms with van der Waals surface area (Å²) in [4.78, 5) is 221. The number of benzene rings is 3. The number of nitrogens with one attached hydrogen (secondary N) is 9. The highest BCUT2D eigenvalue weighted by Gasteiger charge is 2.51. The number of imide groups is 1. The molecule has 606 valence electrons. The minimum atomic E-state index is -2.48. The molecular formula is C73H90N10O29. The summed E-state index contributed by atoms with van der Waals surface area (Å²) >= 11 is 0. The van der Waals surface area contributed by atoms with Gasteiger partial charge >= 0.3 is 24.0 Å². The fraction of sp³-hybridized carbons (Fsp3) is 0.493. The van der Waals surface area contributed by atoms with E-state index in [1.807, 2.05) is 0 Å². The topological polar surface area (TPSA) is 600 Å². The number of ether oxygens (including phenoxy) is 4.